The molecule has 0 bridgehead atoms. The summed E-state index contributed by atoms with van der Waals surface area (Å²) in [5.74, 6) is 1.51. The van der Waals surface area contributed by atoms with Crippen LogP contribution in [0.3, 0.4) is 0 Å². The number of ether oxygens (including phenoxy) is 2. The van der Waals surface area contributed by atoms with Gasteiger partial charge in [0.2, 0.25) is 7.29 Å². The van der Waals surface area contributed by atoms with E-state index in [4.69, 9.17) is 9.47 Å². The summed E-state index contributed by atoms with van der Waals surface area (Å²) in [4.78, 5) is 2.42. The molecule has 26 heavy (non-hydrogen) atoms. The number of nitrogens with one attached hydrogen (secondary N) is 1. The summed E-state index contributed by atoms with van der Waals surface area (Å²) in [6.45, 7) is 3.87. The zero-order chi connectivity index (χ0) is 18.4. The Kier molecular flexibility index (Phi) is 6.36. The fourth-order valence-electron chi connectivity index (χ4n) is 3.29. The third-order valence-electron chi connectivity index (χ3n) is 4.83. The first-order chi connectivity index (χ1) is 12.7. The highest BCUT2D eigenvalue weighted by Gasteiger charge is 2.27. The molecule has 0 atom stereocenters. The number of hydrogen-bond acceptors (Lipinski definition) is 4. The normalized spacial score (nSPS) is 15.2. The van der Waals surface area contributed by atoms with Crippen LogP contribution in [0.25, 0.3) is 0 Å². The molecule has 2 aromatic carbocycles. The second kappa shape index (κ2) is 8.72. The molecule has 1 aliphatic rings. The molecular weight excluding hydrogens is 347 g/mol. The van der Waals surface area contributed by atoms with Gasteiger partial charge >= 0.3 is 0 Å². The van der Waals surface area contributed by atoms with Crippen molar-refractivity contribution >= 4 is 17.9 Å². The fourth-order valence-corrected chi connectivity index (χ4v) is 5.50. The van der Waals surface area contributed by atoms with E-state index in [2.05, 4.69) is 9.99 Å². The van der Waals surface area contributed by atoms with E-state index in [9.17, 15) is 4.57 Å². The average molecular weight is 374 g/mol. The van der Waals surface area contributed by atoms with Gasteiger partial charge in [-0.25, -0.2) is 0 Å². The molecule has 0 unspecified atom stereocenters. The van der Waals surface area contributed by atoms with Crippen molar-refractivity contribution < 1.29 is 14.0 Å². The third-order valence-corrected chi connectivity index (χ3v) is 7.55. The summed E-state index contributed by atoms with van der Waals surface area (Å²) in [7, 11) is 0.333. The lowest BCUT2D eigenvalue weighted by molar-refractivity contribution is 0.344. The molecule has 1 saturated heterocycles. The molecule has 0 aromatic heterocycles. The first kappa shape index (κ1) is 19.0. The predicted octanol–water partition coefficient (Wildman–Crippen LogP) is 2.62. The first-order valence-corrected chi connectivity index (χ1v) is 10.7. The molecule has 1 N–H and O–H groups in total. The maximum absolute atomic E-state index is 14.0. The van der Waals surface area contributed by atoms with Gasteiger partial charge in [-0.1, -0.05) is 0 Å². The van der Waals surface area contributed by atoms with Gasteiger partial charge in [-0.15, -0.1) is 0 Å². The minimum absolute atomic E-state index is 0.690. The van der Waals surface area contributed by atoms with Crippen molar-refractivity contribution in [3.05, 3.63) is 48.5 Å². The van der Waals surface area contributed by atoms with Gasteiger partial charge < -0.3 is 14.4 Å². The fraction of sp³-hybridized carbons (Fsp3) is 0.400. The number of rotatable bonds is 8. The predicted molar refractivity (Wildman–Crippen MR) is 107 cm³/mol. The second-order valence-electron chi connectivity index (χ2n) is 6.46. The van der Waals surface area contributed by atoms with Crippen LogP contribution >= 0.6 is 7.29 Å². The molecule has 2 aromatic rings. The number of nitrogens with zero attached hydrogens (tertiary/aromatic N) is 1. The highest BCUT2D eigenvalue weighted by molar-refractivity contribution is 7.76. The molecule has 140 valence electrons. The van der Waals surface area contributed by atoms with Crippen molar-refractivity contribution in [3.63, 3.8) is 0 Å². The molecule has 0 amide bonds. The lowest BCUT2D eigenvalue weighted by Crippen LogP contribution is -2.34. The molecule has 0 aliphatic carbocycles. The molecule has 0 spiro atoms. The van der Waals surface area contributed by atoms with E-state index in [0.29, 0.717) is 6.54 Å². The summed E-state index contributed by atoms with van der Waals surface area (Å²) >= 11 is 0. The first-order valence-electron chi connectivity index (χ1n) is 9.02. The van der Waals surface area contributed by atoms with Gasteiger partial charge in [0.15, 0.2) is 0 Å². The molecule has 3 rings (SSSR count). The van der Waals surface area contributed by atoms with Crippen LogP contribution in [0.4, 0.5) is 0 Å². The molecule has 1 aliphatic heterocycles. The van der Waals surface area contributed by atoms with Gasteiger partial charge in [-0.2, -0.15) is 0 Å². The maximum atomic E-state index is 14.0. The van der Waals surface area contributed by atoms with Crippen molar-refractivity contribution in [1.82, 2.24) is 9.99 Å². The van der Waals surface area contributed by atoms with Gasteiger partial charge in [0.25, 0.3) is 0 Å². The Labute approximate surface area is 155 Å². The van der Waals surface area contributed by atoms with E-state index < -0.39 is 7.29 Å². The third kappa shape index (κ3) is 4.29. The second-order valence-corrected chi connectivity index (χ2v) is 9.03. The van der Waals surface area contributed by atoms with Crippen molar-refractivity contribution in [1.29, 1.82) is 0 Å². The van der Waals surface area contributed by atoms with Crippen molar-refractivity contribution in [2.24, 2.45) is 0 Å². The Hall–Kier alpha value is -1.81. The summed E-state index contributed by atoms with van der Waals surface area (Å²) in [6, 6.07) is 14.9. The standard InChI is InChI=1S/C20H27N2O3P/c1-24-17-5-9-19(10-6-17)26(23,20-11-7-18(25-2)8-12-20)21-13-16-22-14-3-4-15-22/h5-12H,3-4,13-16H2,1-2H3,(H,21,23). The van der Waals surface area contributed by atoms with Crippen LogP contribution < -0.4 is 25.2 Å². The lowest BCUT2D eigenvalue weighted by Gasteiger charge is -2.23. The Bertz CT molecular complexity index is 689. The lowest BCUT2D eigenvalue weighted by atomic mass is 10.3. The smallest absolute Gasteiger partial charge is 0.204 e. The average Bonchev–Trinajstić information content (AvgIpc) is 3.21. The van der Waals surface area contributed by atoms with Crippen molar-refractivity contribution in [2.75, 3.05) is 40.4 Å². The van der Waals surface area contributed by atoms with Crippen LogP contribution in [0.5, 0.6) is 11.5 Å². The highest BCUT2D eigenvalue weighted by Crippen LogP contribution is 2.39. The largest absolute Gasteiger partial charge is 0.497 e. The Morgan fingerprint density at radius 1 is 0.885 bits per heavy atom. The van der Waals surface area contributed by atoms with E-state index in [1.165, 1.54) is 12.8 Å². The number of methoxy groups -OCH3 is 2. The van der Waals surface area contributed by atoms with E-state index >= 15 is 0 Å². The summed E-state index contributed by atoms with van der Waals surface area (Å²) in [6.07, 6.45) is 2.52. The zero-order valence-corrected chi connectivity index (χ0v) is 16.4. The Morgan fingerprint density at radius 2 is 1.35 bits per heavy atom. The molecule has 1 fully saturated rings. The van der Waals surface area contributed by atoms with Crippen LogP contribution in [0.15, 0.2) is 48.5 Å². The summed E-state index contributed by atoms with van der Waals surface area (Å²) in [5, 5.41) is 4.93. The highest BCUT2D eigenvalue weighted by atomic mass is 31.2. The molecule has 0 saturated carbocycles. The van der Waals surface area contributed by atoms with Gasteiger partial charge in [0.05, 0.1) is 14.2 Å². The SMILES string of the molecule is COc1ccc(P(=O)(NCCN2CCCC2)c2ccc(OC)cc2)cc1. The minimum atomic E-state index is -2.93. The van der Waals surface area contributed by atoms with Crippen LogP contribution in [0.2, 0.25) is 0 Å². The zero-order valence-electron chi connectivity index (χ0n) is 15.5. The molecule has 1 heterocycles. The quantitative estimate of drug-likeness (QED) is 0.720. The molecule has 6 heteroatoms. The molecule has 5 nitrogen and oxygen atoms in total. The topological polar surface area (TPSA) is 50.8 Å². The van der Waals surface area contributed by atoms with Crippen molar-refractivity contribution in [3.8, 4) is 11.5 Å². The van der Waals surface area contributed by atoms with Crippen LogP contribution in [0, 0.1) is 0 Å². The Balaban J connectivity index is 1.84. The van der Waals surface area contributed by atoms with Gasteiger partial charge in [-0.3, -0.25) is 9.65 Å². The number of benzene rings is 2. The number of likely N-dealkylation sites (tertiary alicyclic amines) is 1. The monoisotopic (exact) mass is 374 g/mol. The van der Waals surface area contributed by atoms with E-state index in [1.54, 1.807) is 14.2 Å². The van der Waals surface area contributed by atoms with Crippen LogP contribution in [-0.2, 0) is 4.57 Å². The maximum Gasteiger partial charge on any atom is 0.204 e. The van der Waals surface area contributed by atoms with Crippen molar-refractivity contribution in [2.45, 2.75) is 12.8 Å². The van der Waals surface area contributed by atoms with Gasteiger partial charge in [-0.05, 0) is 74.5 Å². The number of hydrogen-bond donors (Lipinski definition) is 1. The Morgan fingerprint density at radius 3 is 1.77 bits per heavy atom. The molecule has 0 radical (unpaired) electrons. The van der Waals surface area contributed by atoms with E-state index in [1.807, 2.05) is 48.5 Å². The summed E-state index contributed by atoms with van der Waals surface area (Å²) < 4.78 is 24.4. The van der Waals surface area contributed by atoms with E-state index in [-0.39, 0.29) is 0 Å². The van der Waals surface area contributed by atoms with Gasteiger partial charge in [0, 0.05) is 23.7 Å². The minimum Gasteiger partial charge on any atom is -0.497 e. The van der Waals surface area contributed by atoms with Gasteiger partial charge in [0.1, 0.15) is 11.5 Å². The summed E-state index contributed by atoms with van der Waals surface area (Å²) in [5.41, 5.74) is 0. The van der Waals surface area contributed by atoms with Crippen LogP contribution in [0.1, 0.15) is 12.8 Å². The van der Waals surface area contributed by atoms with Crippen LogP contribution in [-0.4, -0.2) is 45.3 Å². The van der Waals surface area contributed by atoms with E-state index in [0.717, 1.165) is 41.7 Å². The molecular formula is C20H27N2O3P.